The Bertz CT molecular complexity index is 326. The lowest BCUT2D eigenvalue weighted by atomic mass is 9.87. The van der Waals surface area contributed by atoms with Gasteiger partial charge < -0.3 is 4.90 Å². The van der Waals surface area contributed by atoms with Gasteiger partial charge in [0, 0.05) is 13.1 Å². The summed E-state index contributed by atoms with van der Waals surface area (Å²) in [7, 11) is 1.78. The zero-order valence-electron chi connectivity index (χ0n) is 9.90. The van der Waals surface area contributed by atoms with Crippen LogP contribution in [0.2, 0.25) is 0 Å². The minimum Gasteiger partial charge on any atom is -0.336 e. The smallest absolute Gasteiger partial charge is 0.291 e. The van der Waals surface area contributed by atoms with E-state index in [1.165, 1.54) is 6.33 Å². The van der Waals surface area contributed by atoms with Crippen molar-refractivity contribution in [1.82, 2.24) is 20.1 Å². The van der Waals surface area contributed by atoms with Crippen molar-refractivity contribution in [2.75, 3.05) is 7.05 Å². The fraction of sp³-hybridized carbons (Fsp3) is 0.700. The molecular formula is C10H18N4O. The second-order valence-electron chi connectivity index (χ2n) is 4.79. The third kappa shape index (κ3) is 2.55. The monoisotopic (exact) mass is 210 g/mol. The molecule has 15 heavy (non-hydrogen) atoms. The van der Waals surface area contributed by atoms with Crippen LogP contribution in [0, 0.1) is 5.41 Å². The normalized spacial score (nSPS) is 13.7. The van der Waals surface area contributed by atoms with Crippen LogP contribution in [0.1, 0.15) is 38.3 Å². The van der Waals surface area contributed by atoms with E-state index in [1.807, 2.05) is 6.92 Å². The Hall–Kier alpha value is -1.39. The summed E-state index contributed by atoms with van der Waals surface area (Å²) in [5, 5.41) is 6.24. The first-order chi connectivity index (χ1) is 6.84. The van der Waals surface area contributed by atoms with Crippen LogP contribution in [0.5, 0.6) is 0 Å². The van der Waals surface area contributed by atoms with Gasteiger partial charge in [0.1, 0.15) is 6.33 Å². The van der Waals surface area contributed by atoms with Gasteiger partial charge in [0.05, 0.1) is 0 Å². The van der Waals surface area contributed by atoms with Crippen LogP contribution in [0.15, 0.2) is 6.33 Å². The van der Waals surface area contributed by atoms with Crippen LogP contribution < -0.4 is 0 Å². The van der Waals surface area contributed by atoms with E-state index < -0.39 is 0 Å². The van der Waals surface area contributed by atoms with Gasteiger partial charge in [-0.2, -0.15) is 5.10 Å². The molecule has 0 saturated heterocycles. The van der Waals surface area contributed by atoms with Crippen molar-refractivity contribution in [2.24, 2.45) is 5.41 Å². The molecule has 0 aliphatic heterocycles. The lowest BCUT2D eigenvalue weighted by molar-refractivity contribution is 0.0617. The molecule has 5 heteroatoms. The number of carbonyl (C=O) groups is 1. The van der Waals surface area contributed by atoms with Crippen LogP contribution in [-0.2, 0) is 0 Å². The van der Waals surface area contributed by atoms with Crippen molar-refractivity contribution in [2.45, 2.75) is 33.7 Å². The van der Waals surface area contributed by atoms with Gasteiger partial charge in [0.15, 0.2) is 0 Å². The van der Waals surface area contributed by atoms with Gasteiger partial charge >= 0.3 is 0 Å². The highest BCUT2D eigenvalue weighted by Crippen LogP contribution is 2.23. The molecular weight excluding hydrogens is 192 g/mol. The lowest BCUT2D eigenvalue weighted by Gasteiger charge is -2.34. The average molecular weight is 210 g/mol. The third-order valence-corrected chi connectivity index (χ3v) is 2.77. The first-order valence-electron chi connectivity index (χ1n) is 4.96. The van der Waals surface area contributed by atoms with Gasteiger partial charge in [-0.1, -0.05) is 20.8 Å². The predicted octanol–water partition coefficient (Wildman–Crippen LogP) is 1.31. The second-order valence-corrected chi connectivity index (χ2v) is 4.79. The number of aromatic amines is 1. The van der Waals surface area contributed by atoms with Crippen molar-refractivity contribution in [3.05, 3.63) is 12.2 Å². The van der Waals surface area contributed by atoms with Crippen LogP contribution in [0.4, 0.5) is 0 Å². The number of carbonyl (C=O) groups excluding carboxylic acids is 1. The van der Waals surface area contributed by atoms with Gasteiger partial charge in [0.2, 0.25) is 5.82 Å². The molecule has 0 aliphatic carbocycles. The predicted molar refractivity (Wildman–Crippen MR) is 57.4 cm³/mol. The maximum atomic E-state index is 11.9. The highest BCUT2D eigenvalue weighted by atomic mass is 16.2. The summed E-state index contributed by atoms with van der Waals surface area (Å²) < 4.78 is 0. The molecule has 0 aliphatic rings. The maximum absolute atomic E-state index is 11.9. The molecule has 1 heterocycles. The van der Waals surface area contributed by atoms with Gasteiger partial charge in [0.25, 0.3) is 5.91 Å². The van der Waals surface area contributed by atoms with Gasteiger partial charge in [-0.25, -0.2) is 4.98 Å². The number of nitrogens with one attached hydrogen (secondary N) is 1. The summed E-state index contributed by atoms with van der Waals surface area (Å²) in [5.41, 5.74) is 0.0461. The summed E-state index contributed by atoms with van der Waals surface area (Å²) in [5.74, 6) is 0.156. The summed E-state index contributed by atoms with van der Waals surface area (Å²) in [6.45, 7) is 8.32. The molecule has 1 N–H and O–H groups in total. The Labute approximate surface area is 89.9 Å². The summed E-state index contributed by atoms with van der Waals surface area (Å²) in [6, 6.07) is 0.134. The van der Waals surface area contributed by atoms with E-state index in [2.05, 4.69) is 36.0 Å². The Morgan fingerprint density at radius 2 is 2.13 bits per heavy atom. The van der Waals surface area contributed by atoms with E-state index in [0.29, 0.717) is 0 Å². The average Bonchev–Trinajstić information content (AvgIpc) is 2.65. The minimum atomic E-state index is -0.130. The Kier molecular flexibility index (Phi) is 3.12. The van der Waals surface area contributed by atoms with E-state index in [0.717, 1.165) is 0 Å². The molecule has 0 saturated carbocycles. The van der Waals surface area contributed by atoms with Crippen LogP contribution in [-0.4, -0.2) is 39.1 Å². The molecule has 0 bridgehead atoms. The third-order valence-electron chi connectivity index (χ3n) is 2.77. The number of H-pyrrole nitrogens is 1. The molecule has 0 aromatic carbocycles. The molecule has 1 unspecified atom stereocenters. The Morgan fingerprint density at radius 1 is 1.53 bits per heavy atom. The van der Waals surface area contributed by atoms with E-state index in [9.17, 15) is 4.79 Å². The summed E-state index contributed by atoms with van der Waals surface area (Å²) in [6.07, 6.45) is 1.34. The van der Waals surface area contributed by atoms with Crippen molar-refractivity contribution in [1.29, 1.82) is 0 Å². The quantitative estimate of drug-likeness (QED) is 0.800. The topological polar surface area (TPSA) is 61.9 Å². The van der Waals surface area contributed by atoms with E-state index in [4.69, 9.17) is 0 Å². The minimum absolute atomic E-state index is 0.0461. The van der Waals surface area contributed by atoms with E-state index >= 15 is 0 Å². The fourth-order valence-corrected chi connectivity index (χ4v) is 1.23. The lowest BCUT2D eigenvalue weighted by Crippen LogP contribution is -2.43. The number of aromatic nitrogens is 3. The van der Waals surface area contributed by atoms with Gasteiger partial charge in [-0.05, 0) is 12.3 Å². The molecule has 1 aromatic heterocycles. The molecule has 1 atom stereocenters. The highest BCUT2D eigenvalue weighted by molar-refractivity contribution is 5.90. The van der Waals surface area contributed by atoms with Gasteiger partial charge in [-0.3, -0.25) is 9.89 Å². The first kappa shape index (κ1) is 11.7. The van der Waals surface area contributed by atoms with E-state index in [1.54, 1.807) is 11.9 Å². The van der Waals surface area contributed by atoms with Crippen LogP contribution in [0.25, 0.3) is 0 Å². The zero-order valence-corrected chi connectivity index (χ0v) is 9.90. The standard InChI is InChI=1S/C10H18N4O/c1-7(10(2,3)4)14(5)9(15)8-11-6-12-13-8/h6-7H,1-5H3,(H,11,12,13). The zero-order chi connectivity index (χ0) is 11.6. The number of hydrogen-bond donors (Lipinski definition) is 1. The number of nitrogens with zero attached hydrogens (tertiary/aromatic N) is 3. The van der Waals surface area contributed by atoms with Crippen LogP contribution >= 0.6 is 0 Å². The Balaban J connectivity index is 2.78. The molecule has 5 nitrogen and oxygen atoms in total. The molecule has 84 valence electrons. The van der Waals surface area contributed by atoms with Crippen molar-refractivity contribution in [3.63, 3.8) is 0 Å². The summed E-state index contributed by atoms with van der Waals surface area (Å²) in [4.78, 5) is 17.4. The fourth-order valence-electron chi connectivity index (χ4n) is 1.23. The molecule has 1 amide bonds. The first-order valence-corrected chi connectivity index (χ1v) is 4.96. The van der Waals surface area contributed by atoms with Crippen LogP contribution in [0.3, 0.4) is 0 Å². The Morgan fingerprint density at radius 3 is 2.53 bits per heavy atom. The van der Waals surface area contributed by atoms with Crippen molar-refractivity contribution >= 4 is 5.91 Å². The van der Waals surface area contributed by atoms with E-state index in [-0.39, 0.29) is 23.2 Å². The van der Waals surface area contributed by atoms with Gasteiger partial charge in [-0.15, -0.1) is 0 Å². The molecule has 1 rings (SSSR count). The van der Waals surface area contributed by atoms with Crippen molar-refractivity contribution < 1.29 is 4.79 Å². The number of hydrogen-bond acceptors (Lipinski definition) is 3. The number of amides is 1. The largest absolute Gasteiger partial charge is 0.336 e. The maximum Gasteiger partial charge on any atom is 0.291 e. The molecule has 0 fully saturated rings. The highest BCUT2D eigenvalue weighted by Gasteiger charge is 2.28. The number of rotatable bonds is 2. The molecule has 1 aromatic rings. The SMILES string of the molecule is CC(N(C)C(=O)c1ncn[nH]1)C(C)(C)C. The molecule has 0 spiro atoms. The molecule has 0 radical (unpaired) electrons. The summed E-state index contributed by atoms with van der Waals surface area (Å²) >= 11 is 0. The second kappa shape index (κ2) is 4.00. The van der Waals surface area contributed by atoms with Crippen molar-refractivity contribution in [3.8, 4) is 0 Å².